The Hall–Kier alpha value is -4.84. The van der Waals surface area contributed by atoms with E-state index in [1.807, 2.05) is 0 Å². The van der Waals surface area contributed by atoms with Crippen LogP contribution in [0.5, 0.6) is 23.4 Å². The molecule has 2 heterocycles. The van der Waals surface area contributed by atoms with Gasteiger partial charge in [-0.1, -0.05) is 11.6 Å². The summed E-state index contributed by atoms with van der Waals surface area (Å²) in [5.41, 5.74) is -2.77. The molecule has 0 unspecified atom stereocenters. The van der Waals surface area contributed by atoms with Gasteiger partial charge in [0.2, 0.25) is 11.2 Å². The average Bonchev–Trinajstić information content (AvgIpc) is 2.88. The van der Waals surface area contributed by atoms with Crippen molar-refractivity contribution in [1.29, 1.82) is 0 Å². The van der Waals surface area contributed by atoms with Gasteiger partial charge in [-0.25, -0.2) is 9.97 Å². The van der Waals surface area contributed by atoms with Gasteiger partial charge >= 0.3 is 18.4 Å². The van der Waals surface area contributed by atoms with Gasteiger partial charge in [-0.05, 0) is 35.9 Å². The van der Waals surface area contributed by atoms with Gasteiger partial charge in [0.25, 0.3) is 11.4 Å². The van der Waals surface area contributed by atoms with Crippen molar-refractivity contribution in [3.63, 3.8) is 0 Å². The molecule has 220 valence electrons. The van der Waals surface area contributed by atoms with Gasteiger partial charge in [0, 0.05) is 36.7 Å². The van der Waals surface area contributed by atoms with E-state index in [2.05, 4.69) is 19.9 Å². The van der Waals surface area contributed by atoms with Crippen LogP contribution in [-0.2, 0) is 12.4 Å². The van der Waals surface area contributed by atoms with Crippen molar-refractivity contribution in [2.45, 2.75) is 12.4 Å². The van der Waals surface area contributed by atoms with Crippen molar-refractivity contribution in [2.75, 3.05) is 0 Å². The fraction of sp³-hybridized carbons (Fsp3) is 0.0909. The molecule has 4 rings (SSSR count). The third-order valence-corrected chi connectivity index (χ3v) is 5.04. The first-order chi connectivity index (χ1) is 19.5. The van der Waals surface area contributed by atoms with Gasteiger partial charge < -0.3 is 9.47 Å². The fourth-order valence-corrected chi connectivity index (χ4v) is 3.05. The standard InChI is InChI=1S/2C11H5ClF3N3O3/c12-10-16-5-8(11(13,14)15)9(17-10)21-7-3-1-6(2-4-7)18(19)20;12-9-8(11(13,14)15)5-16-10(17-9)21-7-3-1-6(2-4-7)18(19)20/h2*1-5H. The van der Waals surface area contributed by atoms with E-state index >= 15 is 0 Å². The van der Waals surface area contributed by atoms with Crippen molar-refractivity contribution in [1.82, 2.24) is 19.9 Å². The summed E-state index contributed by atoms with van der Waals surface area (Å²) < 4.78 is 85.7. The van der Waals surface area contributed by atoms with E-state index in [9.17, 15) is 46.6 Å². The summed E-state index contributed by atoms with van der Waals surface area (Å²) >= 11 is 10.8. The van der Waals surface area contributed by atoms with Crippen molar-refractivity contribution in [3.05, 3.63) is 103 Å². The number of benzene rings is 2. The third kappa shape index (κ3) is 8.58. The molecule has 2 aromatic carbocycles. The Labute approximate surface area is 238 Å². The van der Waals surface area contributed by atoms with Crippen LogP contribution in [0.1, 0.15) is 11.1 Å². The first-order valence-electron chi connectivity index (χ1n) is 10.6. The Morgan fingerprint density at radius 3 is 1.55 bits per heavy atom. The quantitative estimate of drug-likeness (QED) is 0.0673. The summed E-state index contributed by atoms with van der Waals surface area (Å²) in [4.78, 5) is 33.1. The topological polar surface area (TPSA) is 156 Å². The summed E-state index contributed by atoms with van der Waals surface area (Å²) in [6, 6.07) is 8.92. The van der Waals surface area contributed by atoms with Gasteiger partial charge in [0.15, 0.2) is 0 Å². The lowest BCUT2D eigenvalue weighted by Gasteiger charge is -2.11. The van der Waals surface area contributed by atoms with Gasteiger partial charge in [0.05, 0.1) is 9.85 Å². The molecule has 0 bridgehead atoms. The second-order valence-corrected chi connectivity index (χ2v) is 8.11. The first kappa shape index (κ1) is 31.7. The molecule has 42 heavy (non-hydrogen) atoms. The number of aromatic nitrogens is 4. The monoisotopic (exact) mass is 638 g/mol. The SMILES string of the molecule is O=[N+]([O-])c1ccc(Oc2nc(Cl)ncc2C(F)(F)F)cc1.O=[N+]([O-])c1ccc(Oc2ncc(C(F)(F)F)c(Cl)n2)cc1. The predicted molar refractivity (Wildman–Crippen MR) is 130 cm³/mol. The highest BCUT2D eigenvalue weighted by Gasteiger charge is 2.37. The van der Waals surface area contributed by atoms with Crippen LogP contribution in [0.4, 0.5) is 37.7 Å². The molecule has 0 amide bonds. The van der Waals surface area contributed by atoms with Crippen molar-refractivity contribution >= 4 is 34.6 Å². The number of nitrogens with zero attached hydrogens (tertiary/aromatic N) is 6. The molecule has 0 saturated heterocycles. The second kappa shape index (κ2) is 12.8. The van der Waals surface area contributed by atoms with Crippen molar-refractivity contribution < 1.29 is 45.7 Å². The molecule has 0 saturated carbocycles. The Balaban J connectivity index is 0.000000230. The lowest BCUT2D eigenvalue weighted by atomic mass is 10.3. The number of nitro groups is 2. The zero-order valence-corrected chi connectivity index (χ0v) is 21.4. The molecule has 0 atom stereocenters. The zero-order chi connectivity index (χ0) is 31.2. The minimum atomic E-state index is -4.72. The van der Waals surface area contributed by atoms with E-state index in [-0.39, 0.29) is 22.9 Å². The lowest BCUT2D eigenvalue weighted by molar-refractivity contribution is -0.385. The van der Waals surface area contributed by atoms with Crippen LogP contribution in [0.15, 0.2) is 60.9 Å². The molecule has 20 heteroatoms. The Morgan fingerprint density at radius 1 is 0.667 bits per heavy atom. The minimum Gasteiger partial charge on any atom is -0.438 e. The molecule has 0 N–H and O–H groups in total. The maximum atomic E-state index is 12.8. The van der Waals surface area contributed by atoms with Crippen LogP contribution in [0, 0.1) is 20.2 Å². The van der Waals surface area contributed by atoms with Gasteiger partial charge in [-0.3, -0.25) is 20.2 Å². The highest BCUT2D eigenvalue weighted by molar-refractivity contribution is 6.30. The third-order valence-electron chi connectivity index (χ3n) is 4.57. The molecule has 0 spiro atoms. The van der Waals surface area contributed by atoms with Gasteiger partial charge in [-0.15, -0.1) is 0 Å². The van der Waals surface area contributed by atoms with E-state index in [4.69, 9.17) is 32.7 Å². The smallest absolute Gasteiger partial charge is 0.423 e. The van der Waals surface area contributed by atoms with E-state index in [1.54, 1.807) is 0 Å². The molecule has 0 aliphatic heterocycles. The van der Waals surface area contributed by atoms with Crippen molar-refractivity contribution in [2.24, 2.45) is 0 Å². The van der Waals surface area contributed by atoms with Crippen LogP contribution in [-0.4, -0.2) is 29.8 Å². The number of rotatable bonds is 6. The van der Waals surface area contributed by atoms with Crippen molar-refractivity contribution in [3.8, 4) is 23.4 Å². The number of hydrogen-bond donors (Lipinski definition) is 0. The molecule has 12 nitrogen and oxygen atoms in total. The van der Waals surface area contributed by atoms with Gasteiger partial charge in [0.1, 0.15) is 27.8 Å². The molecule has 0 fully saturated rings. The maximum Gasteiger partial charge on any atom is 0.423 e. The molecule has 0 aliphatic rings. The zero-order valence-electron chi connectivity index (χ0n) is 19.9. The number of ether oxygens (including phenoxy) is 2. The number of non-ortho nitro benzene ring substituents is 2. The molecule has 2 aromatic heterocycles. The summed E-state index contributed by atoms with van der Waals surface area (Å²) in [6.07, 6.45) is -8.39. The average molecular weight is 639 g/mol. The van der Waals surface area contributed by atoms with Crippen LogP contribution in [0.3, 0.4) is 0 Å². The van der Waals surface area contributed by atoms with E-state index in [0.717, 1.165) is 24.3 Å². The molecule has 0 aliphatic carbocycles. The second-order valence-electron chi connectivity index (χ2n) is 7.42. The number of nitro benzene ring substituents is 2. The normalized spacial score (nSPS) is 11.2. The van der Waals surface area contributed by atoms with Crippen LogP contribution in [0.25, 0.3) is 0 Å². The summed E-state index contributed by atoms with van der Waals surface area (Å²) in [6.45, 7) is 0. The molecule has 4 aromatic rings. The molecular weight excluding hydrogens is 629 g/mol. The molecule has 0 radical (unpaired) electrons. The first-order valence-corrected chi connectivity index (χ1v) is 11.3. The minimum absolute atomic E-state index is 0.0548. The summed E-state index contributed by atoms with van der Waals surface area (Å²) in [5, 5.41) is 19.7. The Bertz CT molecular complexity index is 1590. The number of hydrogen-bond acceptors (Lipinski definition) is 10. The highest BCUT2D eigenvalue weighted by Crippen LogP contribution is 2.37. The fourth-order valence-electron chi connectivity index (χ4n) is 2.69. The van der Waals surface area contributed by atoms with Crippen LogP contribution in [0.2, 0.25) is 10.4 Å². The van der Waals surface area contributed by atoms with Gasteiger partial charge in [-0.2, -0.15) is 36.3 Å². The molecular formula is C22H10Cl2F6N6O6. The van der Waals surface area contributed by atoms with Crippen LogP contribution < -0.4 is 9.47 Å². The van der Waals surface area contributed by atoms with E-state index in [1.165, 1.54) is 24.3 Å². The summed E-state index contributed by atoms with van der Waals surface area (Å²) in [5.74, 6) is -0.714. The van der Waals surface area contributed by atoms with E-state index in [0.29, 0.717) is 12.4 Å². The maximum absolute atomic E-state index is 12.8. The lowest BCUT2D eigenvalue weighted by Crippen LogP contribution is -2.09. The van der Waals surface area contributed by atoms with E-state index < -0.39 is 55.7 Å². The predicted octanol–water partition coefficient (Wildman–Crippen LogP) is 7.70. The van der Waals surface area contributed by atoms with Crippen LogP contribution >= 0.6 is 23.2 Å². The largest absolute Gasteiger partial charge is 0.438 e. The Morgan fingerprint density at radius 2 is 1.12 bits per heavy atom. The Kier molecular flexibility index (Phi) is 9.64. The summed E-state index contributed by atoms with van der Waals surface area (Å²) in [7, 11) is 0. The highest BCUT2D eigenvalue weighted by atomic mass is 35.5. The number of alkyl halides is 6. The number of halogens is 8.